The topological polar surface area (TPSA) is 51.2 Å². The molecule has 0 fully saturated rings. The number of aromatic nitrogens is 1. The van der Waals surface area contributed by atoms with Gasteiger partial charge in [0.1, 0.15) is 11.4 Å². The highest BCUT2D eigenvalue weighted by Crippen LogP contribution is 2.15. The van der Waals surface area contributed by atoms with Crippen molar-refractivity contribution < 1.29 is 9.53 Å². The Labute approximate surface area is 107 Å². The maximum absolute atomic E-state index is 11.6. The first kappa shape index (κ1) is 14.0. The lowest BCUT2D eigenvalue weighted by atomic mass is 10.2. The number of hydrogen-bond donors (Lipinski definition) is 1. The van der Waals surface area contributed by atoms with Crippen LogP contribution in [0.1, 0.15) is 33.3 Å². The number of carbonyl (C=O) groups excluding carboxylic acids is 1. The van der Waals surface area contributed by atoms with Crippen molar-refractivity contribution in [3.05, 3.63) is 35.7 Å². The normalized spacial score (nSPS) is 10.2. The van der Waals surface area contributed by atoms with Crippen LogP contribution in [0.15, 0.2) is 30.1 Å². The molecule has 1 aromatic heterocycles. The third-order valence-corrected chi connectivity index (χ3v) is 1.86. The molecular formula is C14H18N2O2. The van der Waals surface area contributed by atoms with Crippen molar-refractivity contribution in [1.82, 2.24) is 4.98 Å². The molecule has 1 heterocycles. The number of pyridine rings is 1. The highest BCUT2D eigenvalue weighted by atomic mass is 16.6. The second kappa shape index (κ2) is 6.03. The number of hydrogen-bond acceptors (Lipinski definition) is 3. The van der Waals surface area contributed by atoms with Gasteiger partial charge in [0.25, 0.3) is 0 Å². The summed E-state index contributed by atoms with van der Waals surface area (Å²) in [5.41, 5.74) is 3.19. The molecule has 0 spiro atoms. The molecule has 0 saturated carbocycles. The molecule has 4 heteroatoms. The van der Waals surface area contributed by atoms with Gasteiger partial charge in [-0.15, -0.1) is 5.73 Å². The van der Waals surface area contributed by atoms with Gasteiger partial charge in [-0.1, -0.05) is 0 Å². The molecule has 0 bridgehead atoms. The summed E-state index contributed by atoms with van der Waals surface area (Å²) in [6, 6.07) is 3.64. The van der Waals surface area contributed by atoms with E-state index in [1.807, 2.05) is 33.8 Å². The summed E-state index contributed by atoms with van der Waals surface area (Å²) in [4.78, 5) is 15.7. The zero-order chi connectivity index (χ0) is 13.6. The summed E-state index contributed by atoms with van der Waals surface area (Å²) < 4.78 is 5.17. The third kappa shape index (κ3) is 4.85. The number of carbonyl (C=O) groups is 1. The van der Waals surface area contributed by atoms with E-state index >= 15 is 0 Å². The molecule has 0 saturated heterocycles. The van der Waals surface area contributed by atoms with E-state index < -0.39 is 11.7 Å². The standard InChI is InChI=1S/C14H18N2O2/c1-5-6-8-11-9-7-10-15-12(11)16-13(17)18-14(2,3)4/h5,7-10H,1-4H3,(H,15,16,17). The van der Waals surface area contributed by atoms with Gasteiger partial charge >= 0.3 is 6.09 Å². The van der Waals surface area contributed by atoms with Gasteiger partial charge in [-0.3, -0.25) is 5.32 Å². The average Bonchev–Trinajstić information content (AvgIpc) is 2.25. The Bertz CT molecular complexity index is 481. The molecule has 0 aromatic carbocycles. The smallest absolute Gasteiger partial charge is 0.413 e. The average molecular weight is 246 g/mol. The monoisotopic (exact) mass is 246 g/mol. The Morgan fingerprint density at radius 2 is 2.22 bits per heavy atom. The van der Waals surface area contributed by atoms with Crippen molar-refractivity contribution in [3.63, 3.8) is 0 Å². The van der Waals surface area contributed by atoms with E-state index in [2.05, 4.69) is 16.0 Å². The van der Waals surface area contributed by atoms with Gasteiger partial charge in [0.15, 0.2) is 0 Å². The minimum Gasteiger partial charge on any atom is -0.444 e. The molecule has 1 rings (SSSR count). The van der Waals surface area contributed by atoms with Crippen LogP contribution in [0.5, 0.6) is 0 Å². The first-order valence-corrected chi connectivity index (χ1v) is 5.74. The molecule has 0 radical (unpaired) electrons. The molecule has 0 aliphatic carbocycles. The SMILES string of the molecule is CC=C=Cc1cccnc1NC(=O)OC(C)(C)C. The Kier molecular flexibility index (Phi) is 4.69. The van der Waals surface area contributed by atoms with Crippen molar-refractivity contribution in [2.24, 2.45) is 0 Å². The van der Waals surface area contributed by atoms with E-state index in [1.165, 1.54) is 0 Å². The van der Waals surface area contributed by atoms with Gasteiger partial charge in [-0.2, -0.15) is 0 Å². The molecule has 1 amide bonds. The van der Waals surface area contributed by atoms with E-state index in [-0.39, 0.29) is 0 Å². The van der Waals surface area contributed by atoms with E-state index in [0.29, 0.717) is 5.82 Å². The van der Waals surface area contributed by atoms with Crippen LogP contribution in [0.4, 0.5) is 10.6 Å². The number of amides is 1. The summed E-state index contributed by atoms with van der Waals surface area (Å²) in [5, 5.41) is 2.62. The predicted molar refractivity (Wildman–Crippen MR) is 72.3 cm³/mol. The summed E-state index contributed by atoms with van der Waals surface area (Å²) in [6.45, 7) is 7.30. The molecule has 0 aliphatic heterocycles. The second-order valence-corrected chi connectivity index (χ2v) is 4.67. The summed E-state index contributed by atoms with van der Waals surface area (Å²) in [5.74, 6) is 0.459. The maximum Gasteiger partial charge on any atom is 0.413 e. The van der Waals surface area contributed by atoms with Crippen LogP contribution in [0, 0.1) is 0 Å². The van der Waals surface area contributed by atoms with Crippen molar-refractivity contribution in [1.29, 1.82) is 0 Å². The number of nitrogens with one attached hydrogen (secondary N) is 1. The highest BCUT2D eigenvalue weighted by molar-refractivity contribution is 5.86. The van der Waals surface area contributed by atoms with Gasteiger partial charge in [-0.25, -0.2) is 9.78 Å². The quantitative estimate of drug-likeness (QED) is 0.811. The lowest BCUT2D eigenvalue weighted by Gasteiger charge is -2.19. The van der Waals surface area contributed by atoms with Gasteiger partial charge < -0.3 is 4.74 Å². The van der Waals surface area contributed by atoms with Crippen LogP contribution >= 0.6 is 0 Å². The van der Waals surface area contributed by atoms with Crippen molar-refractivity contribution in [3.8, 4) is 0 Å². The van der Waals surface area contributed by atoms with Crippen LogP contribution in [-0.4, -0.2) is 16.7 Å². The molecule has 0 atom stereocenters. The number of nitrogens with zero attached hydrogens (tertiary/aromatic N) is 1. The van der Waals surface area contributed by atoms with Crippen molar-refractivity contribution in [2.45, 2.75) is 33.3 Å². The summed E-state index contributed by atoms with van der Waals surface area (Å²) in [7, 11) is 0. The molecule has 0 aliphatic rings. The van der Waals surface area contributed by atoms with Gasteiger partial charge in [0, 0.05) is 11.8 Å². The van der Waals surface area contributed by atoms with E-state index in [0.717, 1.165) is 5.56 Å². The van der Waals surface area contributed by atoms with Crippen LogP contribution in [-0.2, 0) is 4.74 Å². The molecule has 0 unspecified atom stereocenters. The Morgan fingerprint density at radius 3 is 2.83 bits per heavy atom. The zero-order valence-electron chi connectivity index (χ0n) is 11.2. The number of rotatable bonds is 2. The second-order valence-electron chi connectivity index (χ2n) is 4.67. The predicted octanol–water partition coefficient (Wildman–Crippen LogP) is 3.62. The number of allylic oxidation sites excluding steroid dienone is 1. The summed E-state index contributed by atoms with van der Waals surface area (Å²) in [6.07, 6.45) is 4.63. The number of ether oxygens (including phenoxy) is 1. The van der Waals surface area contributed by atoms with Gasteiger partial charge in [0.05, 0.1) is 0 Å². The van der Waals surface area contributed by atoms with E-state index in [9.17, 15) is 4.79 Å². The van der Waals surface area contributed by atoms with Crippen molar-refractivity contribution >= 4 is 18.0 Å². The molecule has 1 N–H and O–H groups in total. The van der Waals surface area contributed by atoms with Gasteiger partial charge in [-0.05, 0) is 52.0 Å². The fourth-order valence-corrected chi connectivity index (χ4v) is 1.21. The molecule has 18 heavy (non-hydrogen) atoms. The minimum absolute atomic E-state index is 0.459. The van der Waals surface area contributed by atoms with E-state index in [1.54, 1.807) is 24.4 Å². The first-order chi connectivity index (χ1) is 8.42. The lowest BCUT2D eigenvalue weighted by molar-refractivity contribution is 0.0635. The van der Waals surface area contributed by atoms with Crippen LogP contribution in [0.3, 0.4) is 0 Å². The van der Waals surface area contributed by atoms with Crippen LogP contribution < -0.4 is 5.32 Å². The lowest BCUT2D eigenvalue weighted by Crippen LogP contribution is -2.27. The van der Waals surface area contributed by atoms with Crippen LogP contribution in [0.2, 0.25) is 0 Å². The largest absolute Gasteiger partial charge is 0.444 e. The Hall–Kier alpha value is -2.06. The molecule has 96 valence electrons. The maximum atomic E-state index is 11.6. The third-order valence-electron chi connectivity index (χ3n) is 1.86. The highest BCUT2D eigenvalue weighted by Gasteiger charge is 2.17. The van der Waals surface area contributed by atoms with Crippen molar-refractivity contribution in [2.75, 3.05) is 5.32 Å². The zero-order valence-corrected chi connectivity index (χ0v) is 11.2. The minimum atomic E-state index is -0.530. The van der Waals surface area contributed by atoms with Crippen LogP contribution in [0.25, 0.3) is 6.08 Å². The fourth-order valence-electron chi connectivity index (χ4n) is 1.21. The molecular weight excluding hydrogens is 228 g/mol. The fraction of sp³-hybridized carbons (Fsp3) is 0.357. The molecule has 1 aromatic rings. The number of anilines is 1. The first-order valence-electron chi connectivity index (χ1n) is 5.74. The molecule has 4 nitrogen and oxygen atoms in total. The Balaban J connectivity index is 2.84. The summed E-state index contributed by atoms with van der Waals surface area (Å²) >= 11 is 0. The van der Waals surface area contributed by atoms with Gasteiger partial charge in [0.2, 0.25) is 0 Å². The Morgan fingerprint density at radius 1 is 1.50 bits per heavy atom. The van der Waals surface area contributed by atoms with E-state index in [4.69, 9.17) is 4.74 Å².